The Balaban J connectivity index is 1.58. The van der Waals surface area contributed by atoms with Gasteiger partial charge in [-0.3, -0.25) is 24.1 Å². The molecule has 0 aromatic carbocycles. The van der Waals surface area contributed by atoms with Crippen LogP contribution in [0.25, 0.3) is 0 Å². The highest BCUT2D eigenvalue weighted by molar-refractivity contribution is 5.95. The Morgan fingerprint density at radius 1 is 0.925 bits per heavy atom. The second kappa shape index (κ2) is 13.3. The van der Waals surface area contributed by atoms with Crippen molar-refractivity contribution in [3.8, 4) is 0 Å². The van der Waals surface area contributed by atoms with Gasteiger partial charge in [-0.25, -0.2) is 4.79 Å². The van der Waals surface area contributed by atoms with E-state index in [2.05, 4.69) is 10.2 Å². The number of esters is 1. The summed E-state index contributed by atoms with van der Waals surface area (Å²) in [5.74, 6) is -1.78. The van der Waals surface area contributed by atoms with Crippen molar-refractivity contribution >= 4 is 29.6 Å². The number of nitrogens with zero attached hydrogens (tertiary/aromatic N) is 4. The molecule has 12 nitrogen and oxygen atoms in total. The van der Waals surface area contributed by atoms with E-state index in [1.807, 2.05) is 6.92 Å². The maximum atomic E-state index is 13.7. The van der Waals surface area contributed by atoms with Gasteiger partial charge in [-0.2, -0.15) is 0 Å². The lowest BCUT2D eigenvalue weighted by molar-refractivity contribution is -0.160. The fourth-order valence-corrected chi connectivity index (χ4v) is 6.36. The van der Waals surface area contributed by atoms with Crippen molar-refractivity contribution in [2.75, 3.05) is 53.0 Å². The zero-order valence-corrected chi connectivity index (χ0v) is 24.3. The highest BCUT2D eigenvalue weighted by atomic mass is 16.5. The van der Waals surface area contributed by atoms with Crippen LogP contribution in [0.5, 0.6) is 0 Å². The van der Waals surface area contributed by atoms with Gasteiger partial charge in [0.2, 0.25) is 23.6 Å². The molecule has 1 N–H and O–H groups in total. The summed E-state index contributed by atoms with van der Waals surface area (Å²) < 4.78 is 11.0. The van der Waals surface area contributed by atoms with E-state index in [0.717, 1.165) is 19.6 Å². The fraction of sp³-hybridized carbons (Fsp3) is 0.821. The van der Waals surface area contributed by atoms with Crippen LogP contribution in [0.15, 0.2) is 0 Å². The minimum Gasteiger partial charge on any atom is -0.461 e. The number of nitrogens with one attached hydrogen (secondary N) is 1. The van der Waals surface area contributed by atoms with Crippen LogP contribution >= 0.6 is 0 Å². The Morgan fingerprint density at radius 3 is 2.38 bits per heavy atom. The monoisotopic (exact) mass is 563 g/mol. The molecular formula is C28H45N5O7. The molecule has 0 aromatic heterocycles. The van der Waals surface area contributed by atoms with Gasteiger partial charge in [-0.15, -0.1) is 0 Å². The molecule has 40 heavy (non-hydrogen) atoms. The summed E-state index contributed by atoms with van der Waals surface area (Å²) in [4.78, 5) is 73.9. The third kappa shape index (κ3) is 6.94. The first-order valence-corrected chi connectivity index (χ1v) is 14.7. The molecule has 4 fully saturated rings. The number of morpholine rings is 1. The molecule has 4 heterocycles. The van der Waals surface area contributed by atoms with Gasteiger partial charge in [-0.1, -0.05) is 6.92 Å². The number of fused-ring (bicyclic) bond motifs is 2. The molecule has 0 saturated carbocycles. The quantitative estimate of drug-likeness (QED) is 0.473. The van der Waals surface area contributed by atoms with E-state index in [0.29, 0.717) is 58.4 Å². The minimum atomic E-state index is -0.881. The Morgan fingerprint density at radius 2 is 1.65 bits per heavy atom. The predicted molar refractivity (Wildman–Crippen MR) is 145 cm³/mol. The molecule has 0 bridgehead atoms. The van der Waals surface area contributed by atoms with E-state index in [1.165, 1.54) is 9.80 Å². The highest BCUT2D eigenvalue weighted by Crippen LogP contribution is 2.27. The molecular weight excluding hydrogens is 518 g/mol. The zero-order chi connectivity index (χ0) is 29.0. The van der Waals surface area contributed by atoms with Crippen molar-refractivity contribution in [3.05, 3.63) is 0 Å². The maximum absolute atomic E-state index is 13.7. The SMILES string of the molecule is CC1CC(=O)N2CCCC2C(=O)N(C)C(CCCN2CCOCC2)C(=O)NC(C)C(=O)N2C[C@H](C)CC2C(=O)O1. The Bertz CT molecular complexity index is 971. The van der Waals surface area contributed by atoms with Crippen LogP contribution in [0.3, 0.4) is 0 Å². The summed E-state index contributed by atoms with van der Waals surface area (Å²) in [6, 6.07) is -3.12. The van der Waals surface area contributed by atoms with Crippen LogP contribution in [-0.2, 0) is 33.4 Å². The molecule has 4 rings (SSSR count). The van der Waals surface area contributed by atoms with Crippen LogP contribution in [-0.4, -0.2) is 132 Å². The molecule has 5 unspecified atom stereocenters. The van der Waals surface area contributed by atoms with Gasteiger partial charge in [-0.05, 0) is 58.4 Å². The molecule has 4 aliphatic rings. The topological polar surface area (TPSA) is 129 Å². The van der Waals surface area contributed by atoms with Crippen molar-refractivity contribution in [1.29, 1.82) is 0 Å². The van der Waals surface area contributed by atoms with Gasteiger partial charge >= 0.3 is 5.97 Å². The summed E-state index contributed by atoms with van der Waals surface area (Å²) in [6.45, 7) is 9.83. The van der Waals surface area contributed by atoms with Gasteiger partial charge in [0.15, 0.2) is 0 Å². The third-order valence-corrected chi connectivity index (χ3v) is 8.61. The first-order chi connectivity index (χ1) is 19.1. The van der Waals surface area contributed by atoms with Crippen LogP contribution < -0.4 is 5.32 Å². The molecule has 0 spiro atoms. The highest BCUT2D eigenvalue weighted by Gasteiger charge is 2.43. The number of rotatable bonds is 4. The van der Waals surface area contributed by atoms with Crippen molar-refractivity contribution in [2.45, 2.75) is 89.6 Å². The van der Waals surface area contributed by atoms with Crippen molar-refractivity contribution in [1.82, 2.24) is 24.9 Å². The number of hydrogen-bond donors (Lipinski definition) is 1. The lowest BCUT2D eigenvalue weighted by Gasteiger charge is -2.35. The van der Waals surface area contributed by atoms with Crippen LogP contribution in [0.4, 0.5) is 0 Å². The normalized spacial score (nSPS) is 33.6. The minimum absolute atomic E-state index is 0.0463. The van der Waals surface area contributed by atoms with E-state index >= 15 is 0 Å². The van der Waals surface area contributed by atoms with Crippen molar-refractivity contribution < 1.29 is 33.4 Å². The Labute approximate surface area is 236 Å². The van der Waals surface area contributed by atoms with Crippen molar-refractivity contribution in [2.24, 2.45) is 5.92 Å². The van der Waals surface area contributed by atoms with E-state index in [9.17, 15) is 24.0 Å². The average Bonchev–Trinajstić information content (AvgIpc) is 3.57. The predicted octanol–water partition coefficient (Wildman–Crippen LogP) is -0.00610. The van der Waals surface area contributed by atoms with Gasteiger partial charge in [0.25, 0.3) is 0 Å². The number of ether oxygens (including phenoxy) is 2. The summed E-state index contributed by atoms with van der Waals surface area (Å²) in [5, 5.41) is 2.83. The molecule has 12 heteroatoms. The summed E-state index contributed by atoms with van der Waals surface area (Å²) >= 11 is 0. The molecule has 4 saturated heterocycles. The molecule has 0 radical (unpaired) electrons. The molecule has 0 aromatic rings. The standard InChI is InChI=1S/C28H45N5O7/c1-18-15-23-28(38)40-19(2)16-24(34)32-10-6-8-22(32)27(37)30(4)21(7-5-9-31-11-13-39-14-12-31)25(35)29-20(3)26(36)33(23)17-18/h18-23H,5-17H2,1-4H3,(H,29,35)/t18-,19?,20?,21?,22?,23?/m1/s1. The van der Waals surface area contributed by atoms with Crippen molar-refractivity contribution in [3.63, 3.8) is 0 Å². The summed E-state index contributed by atoms with van der Waals surface area (Å²) in [7, 11) is 1.61. The number of carbonyl (C=O) groups is 5. The molecule has 4 amide bonds. The lowest BCUT2D eigenvalue weighted by atomic mass is 10.1. The van der Waals surface area contributed by atoms with Gasteiger partial charge in [0, 0.05) is 33.2 Å². The van der Waals surface area contributed by atoms with E-state index in [-0.39, 0.29) is 30.1 Å². The van der Waals surface area contributed by atoms with E-state index in [1.54, 1.807) is 25.8 Å². The molecule has 224 valence electrons. The third-order valence-electron chi connectivity index (χ3n) is 8.61. The fourth-order valence-electron chi connectivity index (χ4n) is 6.36. The van der Waals surface area contributed by atoms with E-state index in [4.69, 9.17) is 9.47 Å². The number of hydrogen-bond acceptors (Lipinski definition) is 8. The summed E-state index contributed by atoms with van der Waals surface area (Å²) in [5.41, 5.74) is 0. The smallest absolute Gasteiger partial charge is 0.329 e. The Kier molecular flexibility index (Phi) is 10.0. The van der Waals surface area contributed by atoms with Gasteiger partial charge < -0.3 is 29.5 Å². The van der Waals surface area contributed by atoms with Gasteiger partial charge in [0.05, 0.1) is 19.6 Å². The Hall–Kier alpha value is -2.73. The number of amides is 4. The van der Waals surface area contributed by atoms with Gasteiger partial charge in [0.1, 0.15) is 30.3 Å². The second-order valence-corrected chi connectivity index (χ2v) is 11.8. The number of cyclic esters (lactones) is 1. The van der Waals surface area contributed by atoms with Crippen LogP contribution in [0.2, 0.25) is 0 Å². The molecule has 6 atom stereocenters. The first kappa shape index (κ1) is 30.2. The van der Waals surface area contributed by atoms with E-state index < -0.39 is 42.1 Å². The second-order valence-electron chi connectivity index (χ2n) is 11.8. The molecule has 4 aliphatic heterocycles. The number of carbonyl (C=O) groups excluding carboxylic acids is 5. The molecule has 0 aliphatic carbocycles. The van der Waals surface area contributed by atoms with Crippen LogP contribution in [0, 0.1) is 5.92 Å². The largest absolute Gasteiger partial charge is 0.461 e. The maximum Gasteiger partial charge on any atom is 0.329 e. The first-order valence-electron chi connectivity index (χ1n) is 14.7. The lowest BCUT2D eigenvalue weighted by Crippen LogP contribution is -2.57. The van der Waals surface area contributed by atoms with Crippen LogP contribution in [0.1, 0.15) is 59.3 Å². The average molecular weight is 564 g/mol. The zero-order valence-electron chi connectivity index (χ0n) is 24.3. The number of likely N-dealkylation sites (N-methyl/N-ethyl adjacent to an activating group) is 1. The summed E-state index contributed by atoms with van der Waals surface area (Å²) in [6.07, 6.45) is 2.00.